The predicted molar refractivity (Wildman–Crippen MR) is 28.0 cm³/mol. The fourth-order valence-electron chi connectivity index (χ4n) is 0.151. The molecule has 0 N–H and O–H groups in total. The van der Waals surface area contributed by atoms with Crippen molar-refractivity contribution < 1.29 is 42.5 Å². The minimum atomic E-state index is -4.20. The van der Waals surface area contributed by atoms with Crippen LogP contribution in [0.4, 0.5) is 0 Å². The van der Waals surface area contributed by atoms with E-state index in [1.807, 2.05) is 0 Å². The van der Waals surface area contributed by atoms with Crippen LogP contribution in [0.1, 0.15) is 6.92 Å². The van der Waals surface area contributed by atoms with Gasteiger partial charge in [-0.1, -0.05) is 0 Å². The zero-order valence-corrected chi connectivity index (χ0v) is 8.10. The van der Waals surface area contributed by atoms with Crippen LogP contribution in [0.3, 0.4) is 0 Å². The van der Waals surface area contributed by atoms with Crippen molar-refractivity contribution in [1.82, 2.24) is 0 Å². The number of allylic oxidation sites excluding steroid dienone is 1. The van der Waals surface area contributed by atoms with Crippen LogP contribution in [0.2, 0.25) is 0 Å². The molecule has 0 aromatic carbocycles. The van der Waals surface area contributed by atoms with E-state index in [1.165, 1.54) is 6.08 Å². The van der Waals surface area contributed by atoms with Crippen molar-refractivity contribution in [2.45, 2.75) is 6.92 Å². The van der Waals surface area contributed by atoms with Crippen LogP contribution >= 0.6 is 0 Å². The van der Waals surface area contributed by atoms with Gasteiger partial charge in [-0.15, -0.1) is 5.73 Å². The van der Waals surface area contributed by atoms with Gasteiger partial charge < -0.3 is 4.55 Å². The molecular weight excluding hydrogens is 151 g/mol. The SMILES string of the molecule is CC=C=CS(=O)(=O)[O-].[Na+]. The first-order valence-corrected chi connectivity index (χ1v) is 3.36. The second kappa shape index (κ2) is 5.23. The number of hydrogen-bond acceptors (Lipinski definition) is 3. The molecule has 0 bridgehead atoms. The number of hydrogen-bond donors (Lipinski definition) is 0. The summed E-state index contributed by atoms with van der Waals surface area (Å²) in [5.74, 6) is 0. The molecule has 0 fully saturated rings. The Morgan fingerprint density at radius 2 is 2.00 bits per heavy atom. The molecule has 0 amide bonds. The molecule has 0 aliphatic carbocycles. The molecule has 0 aliphatic rings. The summed E-state index contributed by atoms with van der Waals surface area (Å²) in [5, 5.41) is 0.479. The van der Waals surface area contributed by atoms with Crippen molar-refractivity contribution in [3.63, 3.8) is 0 Å². The third kappa shape index (κ3) is 11.8. The summed E-state index contributed by atoms with van der Waals surface area (Å²) in [6.45, 7) is 1.57. The van der Waals surface area contributed by atoms with E-state index < -0.39 is 10.1 Å². The van der Waals surface area contributed by atoms with Gasteiger partial charge in [0.05, 0.1) is 5.41 Å². The van der Waals surface area contributed by atoms with Crippen molar-refractivity contribution in [2.24, 2.45) is 0 Å². The van der Waals surface area contributed by atoms with E-state index in [-0.39, 0.29) is 29.6 Å². The molecule has 0 aliphatic heterocycles. The maximum atomic E-state index is 9.70. The largest absolute Gasteiger partial charge is 1.00 e. The minimum absolute atomic E-state index is 0. The molecule has 46 valence electrons. The van der Waals surface area contributed by atoms with Crippen LogP contribution in [0, 0.1) is 0 Å². The molecule has 3 nitrogen and oxygen atoms in total. The van der Waals surface area contributed by atoms with Gasteiger partial charge >= 0.3 is 29.6 Å². The molecule has 0 saturated carbocycles. The van der Waals surface area contributed by atoms with Crippen molar-refractivity contribution in [1.29, 1.82) is 0 Å². The maximum Gasteiger partial charge on any atom is 1.00 e. The van der Waals surface area contributed by atoms with Crippen molar-refractivity contribution in [3.05, 3.63) is 17.2 Å². The van der Waals surface area contributed by atoms with Crippen LogP contribution in [0.5, 0.6) is 0 Å². The first-order valence-electron chi connectivity index (χ1n) is 1.89. The monoisotopic (exact) mass is 156 g/mol. The van der Waals surface area contributed by atoms with Gasteiger partial charge in [0.25, 0.3) is 0 Å². The minimum Gasteiger partial charge on any atom is -0.744 e. The van der Waals surface area contributed by atoms with Gasteiger partial charge in [-0.25, -0.2) is 8.42 Å². The Bertz CT molecular complexity index is 210. The van der Waals surface area contributed by atoms with E-state index in [1.54, 1.807) is 6.92 Å². The van der Waals surface area contributed by atoms with E-state index in [0.29, 0.717) is 5.41 Å². The van der Waals surface area contributed by atoms with E-state index in [4.69, 9.17) is 0 Å². The summed E-state index contributed by atoms with van der Waals surface area (Å²) in [7, 11) is -4.20. The molecule has 9 heavy (non-hydrogen) atoms. The normalized spacial score (nSPS) is 8.67. The molecular formula is C4H5NaO3S. The van der Waals surface area contributed by atoms with Gasteiger partial charge in [-0.3, -0.25) is 0 Å². The van der Waals surface area contributed by atoms with Crippen molar-refractivity contribution >= 4 is 10.1 Å². The summed E-state index contributed by atoms with van der Waals surface area (Å²) < 4.78 is 29.1. The summed E-state index contributed by atoms with van der Waals surface area (Å²) in [6, 6.07) is 0. The summed E-state index contributed by atoms with van der Waals surface area (Å²) in [6.07, 6.45) is 1.34. The Kier molecular flexibility index (Phi) is 7.06. The second-order valence-corrected chi connectivity index (χ2v) is 2.29. The topological polar surface area (TPSA) is 57.2 Å². The molecule has 5 heteroatoms. The molecule has 0 aromatic rings. The fraction of sp³-hybridized carbons (Fsp3) is 0.250. The Morgan fingerprint density at radius 3 is 2.11 bits per heavy atom. The van der Waals surface area contributed by atoms with E-state index in [0.717, 1.165) is 0 Å². The molecule has 0 unspecified atom stereocenters. The summed E-state index contributed by atoms with van der Waals surface area (Å²) >= 11 is 0. The Balaban J connectivity index is 0. The van der Waals surface area contributed by atoms with E-state index in [2.05, 4.69) is 5.73 Å². The van der Waals surface area contributed by atoms with Crippen LogP contribution in [0.15, 0.2) is 17.2 Å². The summed E-state index contributed by atoms with van der Waals surface area (Å²) in [4.78, 5) is 0. The molecule has 0 atom stereocenters. The third-order valence-electron chi connectivity index (χ3n) is 0.379. The van der Waals surface area contributed by atoms with Crippen molar-refractivity contribution in [3.8, 4) is 0 Å². The summed E-state index contributed by atoms with van der Waals surface area (Å²) in [5.41, 5.74) is 2.14. The average molecular weight is 156 g/mol. The van der Waals surface area contributed by atoms with Gasteiger partial charge in [0.1, 0.15) is 10.1 Å². The number of rotatable bonds is 1. The molecule has 0 saturated heterocycles. The maximum absolute atomic E-state index is 9.70. The molecule has 0 heterocycles. The molecule has 0 rings (SSSR count). The zero-order valence-electron chi connectivity index (χ0n) is 5.29. The Hall–Kier alpha value is 0.430. The van der Waals surface area contributed by atoms with Crippen LogP contribution < -0.4 is 29.6 Å². The molecule has 0 aromatic heterocycles. The average Bonchev–Trinajstić information content (AvgIpc) is 1.59. The fourth-order valence-corrected chi connectivity index (χ4v) is 0.454. The Labute approximate surface area is 76.5 Å². The van der Waals surface area contributed by atoms with Crippen LogP contribution in [-0.4, -0.2) is 13.0 Å². The second-order valence-electron chi connectivity index (χ2n) is 1.07. The molecule has 0 radical (unpaired) electrons. The Morgan fingerprint density at radius 1 is 1.56 bits per heavy atom. The van der Waals surface area contributed by atoms with E-state index >= 15 is 0 Å². The van der Waals surface area contributed by atoms with Crippen LogP contribution in [0.25, 0.3) is 0 Å². The van der Waals surface area contributed by atoms with Gasteiger partial charge in [-0.2, -0.15) is 0 Å². The van der Waals surface area contributed by atoms with Gasteiger partial charge in [0, 0.05) is 0 Å². The standard InChI is InChI=1S/C4H6O3S.Na/c1-2-3-4-8(5,6)7;/h2,4H,1H3,(H,5,6,7);/q;+1/p-1. The molecule has 0 spiro atoms. The first-order chi connectivity index (χ1) is 3.56. The first kappa shape index (κ1) is 12.1. The van der Waals surface area contributed by atoms with E-state index in [9.17, 15) is 13.0 Å². The predicted octanol–water partition coefficient (Wildman–Crippen LogP) is -2.78. The van der Waals surface area contributed by atoms with Crippen molar-refractivity contribution in [2.75, 3.05) is 0 Å². The van der Waals surface area contributed by atoms with Crippen LogP contribution in [-0.2, 0) is 10.1 Å². The van der Waals surface area contributed by atoms with Gasteiger partial charge in [-0.05, 0) is 13.0 Å². The van der Waals surface area contributed by atoms with Gasteiger partial charge in [0.2, 0.25) is 0 Å². The van der Waals surface area contributed by atoms with Gasteiger partial charge in [0.15, 0.2) is 0 Å². The smallest absolute Gasteiger partial charge is 0.744 e. The zero-order chi connectivity index (χ0) is 6.62. The quantitative estimate of drug-likeness (QED) is 0.234. The third-order valence-corrected chi connectivity index (χ3v) is 0.804.